The normalized spacial score (nSPS) is 14.6. The van der Waals surface area contributed by atoms with Gasteiger partial charge in [-0.25, -0.2) is 0 Å². The van der Waals surface area contributed by atoms with E-state index in [1.807, 2.05) is 12.1 Å². The molecular formula is C16H20N2O. The number of benzene rings is 1. The summed E-state index contributed by atoms with van der Waals surface area (Å²) in [5, 5.41) is 3.43. The number of nitrogens with zero attached hydrogens (tertiary/aromatic N) is 1. The molecular weight excluding hydrogens is 236 g/mol. The van der Waals surface area contributed by atoms with E-state index in [1.54, 1.807) is 6.26 Å². The molecule has 2 heterocycles. The third-order valence-corrected chi connectivity index (χ3v) is 3.62. The number of rotatable bonds is 4. The minimum absolute atomic E-state index is 0.850. The molecule has 0 unspecified atom stereocenters. The molecule has 0 fully saturated rings. The van der Waals surface area contributed by atoms with Crippen LogP contribution >= 0.6 is 0 Å². The molecule has 0 spiro atoms. The summed E-state index contributed by atoms with van der Waals surface area (Å²) in [7, 11) is 2.13. The Morgan fingerprint density at radius 2 is 2.16 bits per heavy atom. The molecule has 3 heteroatoms. The van der Waals surface area contributed by atoms with Crippen LogP contribution in [0.3, 0.4) is 0 Å². The highest BCUT2D eigenvalue weighted by atomic mass is 16.3. The van der Waals surface area contributed by atoms with Crippen molar-refractivity contribution in [3.05, 3.63) is 59.0 Å². The van der Waals surface area contributed by atoms with Gasteiger partial charge in [0.1, 0.15) is 5.76 Å². The summed E-state index contributed by atoms with van der Waals surface area (Å²) in [6.07, 6.45) is 2.88. The van der Waals surface area contributed by atoms with E-state index in [1.165, 1.54) is 16.7 Å². The maximum absolute atomic E-state index is 5.38. The Morgan fingerprint density at radius 3 is 3.00 bits per heavy atom. The molecule has 2 aromatic rings. The average Bonchev–Trinajstić information content (AvgIpc) is 2.91. The zero-order chi connectivity index (χ0) is 13.1. The van der Waals surface area contributed by atoms with Gasteiger partial charge in [0.25, 0.3) is 0 Å². The topological polar surface area (TPSA) is 28.4 Å². The molecule has 0 saturated heterocycles. The van der Waals surface area contributed by atoms with Crippen molar-refractivity contribution in [2.45, 2.75) is 26.1 Å². The smallest absolute Gasteiger partial charge is 0.117 e. The number of hydrogen-bond donors (Lipinski definition) is 1. The van der Waals surface area contributed by atoms with Crippen LogP contribution in [0.4, 0.5) is 0 Å². The average molecular weight is 256 g/mol. The van der Waals surface area contributed by atoms with Crippen molar-refractivity contribution in [2.75, 3.05) is 13.6 Å². The molecule has 1 aromatic carbocycles. The van der Waals surface area contributed by atoms with Crippen molar-refractivity contribution in [3.63, 3.8) is 0 Å². The fourth-order valence-electron chi connectivity index (χ4n) is 2.67. The molecule has 100 valence electrons. The highest BCUT2D eigenvalue weighted by Crippen LogP contribution is 2.17. The lowest BCUT2D eigenvalue weighted by Gasteiger charge is -2.20. The molecule has 3 nitrogen and oxygen atoms in total. The predicted molar refractivity (Wildman–Crippen MR) is 75.7 cm³/mol. The third kappa shape index (κ3) is 3.06. The highest BCUT2D eigenvalue weighted by molar-refractivity contribution is 5.33. The second-order valence-corrected chi connectivity index (χ2v) is 5.28. The quantitative estimate of drug-likeness (QED) is 0.911. The lowest BCUT2D eigenvalue weighted by Crippen LogP contribution is -2.24. The van der Waals surface area contributed by atoms with Gasteiger partial charge in [-0.2, -0.15) is 0 Å². The third-order valence-electron chi connectivity index (χ3n) is 3.62. The minimum Gasteiger partial charge on any atom is -0.468 e. The maximum atomic E-state index is 5.38. The van der Waals surface area contributed by atoms with Crippen molar-refractivity contribution in [1.29, 1.82) is 0 Å². The molecule has 1 aromatic heterocycles. The Hall–Kier alpha value is -1.58. The molecule has 0 amide bonds. The molecule has 3 rings (SSSR count). The van der Waals surface area contributed by atoms with Crippen LogP contribution < -0.4 is 5.32 Å². The van der Waals surface area contributed by atoms with E-state index in [0.29, 0.717) is 0 Å². The summed E-state index contributed by atoms with van der Waals surface area (Å²) in [6, 6.07) is 10.8. The first kappa shape index (κ1) is 12.5. The zero-order valence-corrected chi connectivity index (χ0v) is 11.4. The number of hydrogen-bond acceptors (Lipinski definition) is 3. The monoisotopic (exact) mass is 256 g/mol. The van der Waals surface area contributed by atoms with Crippen molar-refractivity contribution < 1.29 is 4.42 Å². The van der Waals surface area contributed by atoms with E-state index in [0.717, 1.165) is 38.4 Å². The summed E-state index contributed by atoms with van der Waals surface area (Å²) in [5.41, 5.74) is 4.32. The van der Waals surface area contributed by atoms with Gasteiger partial charge in [-0.05, 0) is 48.8 Å². The summed E-state index contributed by atoms with van der Waals surface area (Å²) in [6.45, 7) is 3.91. The van der Waals surface area contributed by atoms with Gasteiger partial charge in [-0.3, -0.25) is 4.90 Å². The van der Waals surface area contributed by atoms with E-state index in [-0.39, 0.29) is 0 Å². The predicted octanol–water partition coefficient (Wildman–Crippen LogP) is 2.56. The second kappa shape index (κ2) is 5.59. The van der Waals surface area contributed by atoms with Crippen LogP contribution in [-0.2, 0) is 26.1 Å². The Labute approximate surface area is 114 Å². The largest absolute Gasteiger partial charge is 0.468 e. The van der Waals surface area contributed by atoms with Gasteiger partial charge < -0.3 is 9.73 Å². The first-order chi connectivity index (χ1) is 9.31. The number of nitrogens with one attached hydrogen (secondary N) is 1. The van der Waals surface area contributed by atoms with E-state index in [9.17, 15) is 0 Å². The molecule has 19 heavy (non-hydrogen) atoms. The number of fused-ring (bicyclic) bond motifs is 1. The van der Waals surface area contributed by atoms with Crippen LogP contribution in [0, 0.1) is 0 Å². The molecule has 1 aliphatic rings. The van der Waals surface area contributed by atoms with Gasteiger partial charge >= 0.3 is 0 Å². The van der Waals surface area contributed by atoms with Gasteiger partial charge in [-0.15, -0.1) is 0 Å². The first-order valence-electron chi connectivity index (χ1n) is 6.83. The number of furan rings is 1. The van der Waals surface area contributed by atoms with E-state index in [2.05, 4.69) is 35.5 Å². The van der Waals surface area contributed by atoms with Crippen LogP contribution in [-0.4, -0.2) is 18.5 Å². The molecule has 1 N–H and O–H groups in total. The van der Waals surface area contributed by atoms with Gasteiger partial charge in [0, 0.05) is 13.1 Å². The van der Waals surface area contributed by atoms with Gasteiger partial charge in [0.15, 0.2) is 0 Å². The molecule has 0 atom stereocenters. The summed E-state index contributed by atoms with van der Waals surface area (Å²) < 4.78 is 5.38. The van der Waals surface area contributed by atoms with Gasteiger partial charge in [0.05, 0.1) is 12.8 Å². The Bertz CT molecular complexity index is 534. The van der Waals surface area contributed by atoms with Crippen molar-refractivity contribution in [2.24, 2.45) is 0 Å². The lowest BCUT2D eigenvalue weighted by molar-refractivity contribution is 0.287. The molecule has 1 aliphatic heterocycles. The molecule has 0 saturated carbocycles. The van der Waals surface area contributed by atoms with Crippen LogP contribution in [0.5, 0.6) is 0 Å². The second-order valence-electron chi connectivity index (χ2n) is 5.28. The minimum atomic E-state index is 0.850. The van der Waals surface area contributed by atoms with E-state index < -0.39 is 0 Å². The standard InChI is InChI=1S/C16H20N2O/c1-18(12-16-3-2-8-19-16)11-13-4-5-14-6-7-17-10-15(14)9-13/h2-5,8-9,17H,6-7,10-12H2,1H3. The SMILES string of the molecule is CN(Cc1ccc2c(c1)CNCC2)Cc1ccco1. The van der Waals surface area contributed by atoms with Crippen molar-refractivity contribution in [3.8, 4) is 0 Å². The van der Waals surface area contributed by atoms with E-state index >= 15 is 0 Å². The highest BCUT2D eigenvalue weighted by Gasteiger charge is 2.10. The Morgan fingerprint density at radius 1 is 1.21 bits per heavy atom. The fourth-order valence-corrected chi connectivity index (χ4v) is 2.67. The summed E-state index contributed by atoms with van der Waals surface area (Å²) in [5.74, 6) is 1.02. The summed E-state index contributed by atoms with van der Waals surface area (Å²) in [4.78, 5) is 2.27. The summed E-state index contributed by atoms with van der Waals surface area (Å²) >= 11 is 0. The molecule has 0 radical (unpaired) electrons. The van der Waals surface area contributed by atoms with Crippen molar-refractivity contribution >= 4 is 0 Å². The maximum Gasteiger partial charge on any atom is 0.117 e. The zero-order valence-electron chi connectivity index (χ0n) is 11.4. The van der Waals surface area contributed by atoms with Crippen LogP contribution in [0.2, 0.25) is 0 Å². The first-order valence-corrected chi connectivity index (χ1v) is 6.83. The Kier molecular flexibility index (Phi) is 3.67. The van der Waals surface area contributed by atoms with Crippen molar-refractivity contribution in [1.82, 2.24) is 10.2 Å². The van der Waals surface area contributed by atoms with Crippen LogP contribution in [0.1, 0.15) is 22.5 Å². The van der Waals surface area contributed by atoms with Gasteiger partial charge in [0.2, 0.25) is 0 Å². The Balaban J connectivity index is 1.66. The van der Waals surface area contributed by atoms with E-state index in [4.69, 9.17) is 4.42 Å². The van der Waals surface area contributed by atoms with Crippen LogP contribution in [0.15, 0.2) is 41.0 Å². The van der Waals surface area contributed by atoms with Gasteiger partial charge in [-0.1, -0.05) is 18.2 Å². The van der Waals surface area contributed by atoms with Crippen LogP contribution in [0.25, 0.3) is 0 Å². The fraction of sp³-hybridized carbons (Fsp3) is 0.375. The molecule has 0 aliphatic carbocycles. The lowest BCUT2D eigenvalue weighted by atomic mass is 9.98. The molecule has 0 bridgehead atoms.